The van der Waals surface area contributed by atoms with E-state index in [2.05, 4.69) is 28.3 Å². The number of nitrogens with two attached hydrogens (primary N) is 1. The van der Waals surface area contributed by atoms with Crippen LogP contribution in [-0.4, -0.2) is 41.6 Å². The van der Waals surface area contributed by atoms with Crippen LogP contribution in [0.1, 0.15) is 44.1 Å². The maximum Gasteiger partial charge on any atom is 0.126 e. The molecule has 1 atom stereocenters. The van der Waals surface area contributed by atoms with Crippen LogP contribution in [0, 0.1) is 0 Å². The van der Waals surface area contributed by atoms with Gasteiger partial charge in [-0.15, -0.1) is 0 Å². The Morgan fingerprint density at radius 3 is 2.62 bits per heavy atom. The average Bonchev–Trinajstić information content (AvgIpc) is 3.18. The lowest BCUT2D eigenvalue weighted by Crippen LogP contribution is -2.59. The van der Waals surface area contributed by atoms with Gasteiger partial charge in [-0.3, -0.25) is 4.90 Å². The van der Waals surface area contributed by atoms with E-state index in [0.29, 0.717) is 17.4 Å². The SMILES string of the molecule is CNC(Cc1cccnc1N)C1(N2CCCC2)CCCC1. The minimum atomic E-state index is 0.327. The molecule has 2 aliphatic rings. The Labute approximate surface area is 128 Å². The number of hydrogen-bond donors (Lipinski definition) is 2. The van der Waals surface area contributed by atoms with Crippen LogP contribution < -0.4 is 11.1 Å². The van der Waals surface area contributed by atoms with Crippen LogP contribution >= 0.6 is 0 Å². The van der Waals surface area contributed by atoms with Crippen LogP contribution in [0.2, 0.25) is 0 Å². The third-order valence-corrected chi connectivity index (χ3v) is 5.55. The van der Waals surface area contributed by atoms with Crippen molar-refractivity contribution >= 4 is 5.82 Å². The van der Waals surface area contributed by atoms with Gasteiger partial charge in [0.05, 0.1) is 0 Å². The fraction of sp³-hybridized carbons (Fsp3) is 0.706. The molecular weight excluding hydrogens is 260 g/mol. The van der Waals surface area contributed by atoms with Gasteiger partial charge >= 0.3 is 0 Å². The molecule has 4 nitrogen and oxygen atoms in total. The van der Waals surface area contributed by atoms with Crippen molar-refractivity contribution in [2.45, 2.75) is 56.5 Å². The lowest BCUT2D eigenvalue weighted by Gasteiger charge is -2.45. The minimum absolute atomic E-state index is 0.327. The number of aromatic nitrogens is 1. The number of likely N-dealkylation sites (N-methyl/N-ethyl adjacent to an activating group) is 1. The Morgan fingerprint density at radius 1 is 1.29 bits per heavy atom. The summed E-state index contributed by atoms with van der Waals surface area (Å²) in [7, 11) is 2.10. The van der Waals surface area contributed by atoms with Crippen molar-refractivity contribution in [3.05, 3.63) is 23.9 Å². The van der Waals surface area contributed by atoms with Gasteiger partial charge in [0.1, 0.15) is 5.82 Å². The van der Waals surface area contributed by atoms with Crippen molar-refractivity contribution in [2.24, 2.45) is 0 Å². The Morgan fingerprint density at radius 2 is 2.00 bits per heavy atom. The molecule has 3 rings (SSSR count). The van der Waals surface area contributed by atoms with Crippen molar-refractivity contribution in [1.29, 1.82) is 0 Å². The molecule has 0 bridgehead atoms. The molecule has 2 fully saturated rings. The molecule has 1 unspecified atom stereocenters. The number of pyridine rings is 1. The first kappa shape index (κ1) is 14.8. The first-order chi connectivity index (χ1) is 10.3. The smallest absolute Gasteiger partial charge is 0.126 e. The van der Waals surface area contributed by atoms with Crippen molar-refractivity contribution in [1.82, 2.24) is 15.2 Å². The highest BCUT2D eigenvalue weighted by molar-refractivity contribution is 5.39. The second kappa shape index (κ2) is 6.32. The molecule has 0 spiro atoms. The first-order valence-electron chi connectivity index (χ1n) is 8.38. The molecule has 1 aliphatic heterocycles. The summed E-state index contributed by atoms with van der Waals surface area (Å²) in [4.78, 5) is 7.01. The molecule has 0 amide bonds. The number of nitrogens with zero attached hydrogens (tertiary/aromatic N) is 2. The van der Waals surface area contributed by atoms with Crippen molar-refractivity contribution < 1.29 is 0 Å². The van der Waals surface area contributed by atoms with Gasteiger partial charge in [-0.25, -0.2) is 4.98 Å². The number of likely N-dealkylation sites (tertiary alicyclic amines) is 1. The molecule has 1 aromatic heterocycles. The molecular formula is C17H28N4. The zero-order valence-electron chi connectivity index (χ0n) is 13.1. The zero-order valence-corrected chi connectivity index (χ0v) is 13.1. The molecule has 116 valence electrons. The zero-order chi connectivity index (χ0) is 14.7. The van der Waals surface area contributed by atoms with E-state index < -0.39 is 0 Å². The Bertz CT molecular complexity index is 462. The molecule has 4 heteroatoms. The van der Waals surface area contributed by atoms with Gasteiger partial charge in [0.25, 0.3) is 0 Å². The van der Waals surface area contributed by atoms with E-state index >= 15 is 0 Å². The van der Waals surface area contributed by atoms with E-state index in [0.717, 1.165) is 6.42 Å². The van der Waals surface area contributed by atoms with Crippen LogP contribution in [0.3, 0.4) is 0 Å². The topological polar surface area (TPSA) is 54.2 Å². The average molecular weight is 288 g/mol. The van der Waals surface area contributed by atoms with Crippen molar-refractivity contribution in [3.63, 3.8) is 0 Å². The maximum absolute atomic E-state index is 6.07. The molecule has 21 heavy (non-hydrogen) atoms. The number of nitrogen functional groups attached to an aromatic ring is 1. The fourth-order valence-electron chi connectivity index (χ4n) is 4.44. The lowest BCUT2D eigenvalue weighted by atomic mass is 9.82. The number of nitrogens with one attached hydrogen (secondary N) is 1. The highest BCUT2D eigenvalue weighted by atomic mass is 15.2. The van der Waals surface area contributed by atoms with Gasteiger partial charge < -0.3 is 11.1 Å². The van der Waals surface area contributed by atoms with Crippen LogP contribution in [0.5, 0.6) is 0 Å². The molecule has 2 heterocycles. The number of rotatable bonds is 5. The third kappa shape index (κ3) is 2.79. The van der Waals surface area contributed by atoms with Crippen LogP contribution in [0.4, 0.5) is 5.82 Å². The van der Waals surface area contributed by atoms with E-state index in [1.807, 2.05) is 6.07 Å². The molecule has 0 aromatic carbocycles. The summed E-state index contributed by atoms with van der Waals surface area (Å²) in [5.41, 5.74) is 7.58. The van der Waals surface area contributed by atoms with E-state index in [-0.39, 0.29) is 0 Å². The van der Waals surface area contributed by atoms with Gasteiger partial charge in [-0.2, -0.15) is 0 Å². The maximum atomic E-state index is 6.07. The highest BCUT2D eigenvalue weighted by Gasteiger charge is 2.46. The molecule has 1 saturated carbocycles. The van der Waals surface area contributed by atoms with E-state index in [9.17, 15) is 0 Å². The number of anilines is 1. The van der Waals surface area contributed by atoms with Gasteiger partial charge in [-0.1, -0.05) is 18.9 Å². The minimum Gasteiger partial charge on any atom is -0.383 e. The van der Waals surface area contributed by atoms with Crippen LogP contribution in [0.25, 0.3) is 0 Å². The van der Waals surface area contributed by atoms with Crippen molar-refractivity contribution in [3.8, 4) is 0 Å². The van der Waals surface area contributed by atoms with Crippen LogP contribution in [0.15, 0.2) is 18.3 Å². The van der Waals surface area contributed by atoms with E-state index in [1.54, 1.807) is 6.20 Å². The summed E-state index contributed by atoms with van der Waals surface area (Å²) >= 11 is 0. The molecule has 0 radical (unpaired) electrons. The summed E-state index contributed by atoms with van der Waals surface area (Å²) in [6.07, 6.45) is 10.8. The van der Waals surface area contributed by atoms with Gasteiger partial charge in [0, 0.05) is 17.8 Å². The van der Waals surface area contributed by atoms with Crippen LogP contribution in [-0.2, 0) is 6.42 Å². The van der Waals surface area contributed by atoms with E-state index in [1.165, 1.54) is 57.2 Å². The third-order valence-electron chi connectivity index (χ3n) is 5.55. The highest BCUT2D eigenvalue weighted by Crippen LogP contribution is 2.41. The largest absolute Gasteiger partial charge is 0.383 e. The van der Waals surface area contributed by atoms with Crippen molar-refractivity contribution in [2.75, 3.05) is 25.9 Å². The Balaban J connectivity index is 1.84. The summed E-state index contributed by atoms with van der Waals surface area (Å²) in [6, 6.07) is 4.58. The molecule has 1 saturated heterocycles. The monoisotopic (exact) mass is 288 g/mol. The standard InChI is InChI=1S/C17H28N4/c1-19-15(13-14-7-6-10-20-16(14)18)17(8-2-3-9-17)21-11-4-5-12-21/h6-7,10,15,19H,2-5,8-9,11-13H2,1H3,(H2,18,20). The molecule has 3 N–H and O–H groups in total. The second-order valence-electron chi connectivity index (χ2n) is 6.60. The van der Waals surface area contributed by atoms with E-state index in [4.69, 9.17) is 5.73 Å². The summed E-state index contributed by atoms with van der Waals surface area (Å²) in [5, 5.41) is 3.61. The molecule has 1 aromatic rings. The normalized spacial score (nSPS) is 23.5. The predicted octanol–water partition coefficient (Wildman–Crippen LogP) is 2.20. The Hall–Kier alpha value is -1.13. The quantitative estimate of drug-likeness (QED) is 0.872. The molecule has 1 aliphatic carbocycles. The van der Waals surface area contributed by atoms with Gasteiger partial charge in [0.2, 0.25) is 0 Å². The van der Waals surface area contributed by atoms with Gasteiger partial charge in [0.15, 0.2) is 0 Å². The number of hydrogen-bond acceptors (Lipinski definition) is 4. The first-order valence-corrected chi connectivity index (χ1v) is 8.38. The lowest BCUT2D eigenvalue weighted by molar-refractivity contribution is 0.0798. The predicted molar refractivity (Wildman–Crippen MR) is 87.2 cm³/mol. The summed E-state index contributed by atoms with van der Waals surface area (Å²) < 4.78 is 0. The second-order valence-corrected chi connectivity index (χ2v) is 6.60. The fourth-order valence-corrected chi connectivity index (χ4v) is 4.44. The Kier molecular flexibility index (Phi) is 4.45. The summed E-state index contributed by atoms with van der Waals surface area (Å²) in [6.45, 7) is 2.53. The van der Waals surface area contributed by atoms with Gasteiger partial charge in [-0.05, 0) is 63.9 Å². The summed E-state index contributed by atoms with van der Waals surface area (Å²) in [5.74, 6) is 0.687.